The average Bonchev–Trinajstić information content (AvgIpc) is 3.09. The van der Waals surface area contributed by atoms with Gasteiger partial charge in [0.1, 0.15) is 0 Å². The highest BCUT2D eigenvalue weighted by Gasteiger charge is 2.09. The van der Waals surface area contributed by atoms with Gasteiger partial charge in [-0.15, -0.1) is 0 Å². The van der Waals surface area contributed by atoms with E-state index in [9.17, 15) is 4.79 Å². The van der Waals surface area contributed by atoms with Gasteiger partial charge in [0, 0.05) is 18.1 Å². The van der Waals surface area contributed by atoms with Crippen LogP contribution in [-0.4, -0.2) is 20.6 Å². The number of carboxylic acids is 1. The minimum Gasteiger partial charge on any atom is -0.478 e. The number of carbonyl (C=O) groups is 1. The molecule has 0 fully saturated rings. The Morgan fingerprint density at radius 2 is 1.95 bits per heavy atom. The minimum absolute atomic E-state index is 0.329. The summed E-state index contributed by atoms with van der Waals surface area (Å²) < 4.78 is 1.94. The molecule has 0 bridgehead atoms. The molecule has 3 rings (SSSR count). The fraction of sp³-hybridized carbons (Fsp3) is 0.111. The predicted octanol–water partition coefficient (Wildman–Crippen LogP) is 3.80. The van der Waals surface area contributed by atoms with Crippen LogP contribution >= 0.6 is 0 Å². The third-order valence-corrected chi connectivity index (χ3v) is 3.71. The first-order chi connectivity index (χ1) is 10.7. The van der Waals surface area contributed by atoms with Crippen molar-refractivity contribution >= 4 is 5.97 Å². The van der Waals surface area contributed by atoms with Gasteiger partial charge in [-0.2, -0.15) is 0 Å². The zero-order chi connectivity index (χ0) is 15.5. The van der Waals surface area contributed by atoms with Crippen LogP contribution in [0.25, 0.3) is 16.8 Å². The molecule has 4 nitrogen and oxygen atoms in total. The number of rotatable bonds is 4. The SMILES string of the molecule is CCc1cc(C(=O)O)ccc1-c1ccc(-n2ccnc2)cc1. The number of aryl methyl sites for hydroxylation is 1. The Labute approximate surface area is 128 Å². The molecule has 0 aliphatic carbocycles. The monoisotopic (exact) mass is 292 g/mol. The fourth-order valence-corrected chi connectivity index (χ4v) is 2.53. The average molecular weight is 292 g/mol. The highest BCUT2D eigenvalue weighted by Crippen LogP contribution is 2.26. The van der Waals surface area contributed by atoms with Gasteiger partial charge < -0.3 is 9.67 Å². The predicted molar refractivity (Wildman–Crippen MR) is 85.3 cm³/mol. The summed E-state index contributed by atoms with van der Waals surface area (Å²) in [7, 11) is 0. The molecule has 110 valence electrons. The van der Waals surface area contributed by atoms with E-state index in [-0.39, 0.29) is 0 Å². The van der Waals surface area contributed by atoms with Crippen molar-refractivity contribution in [1.29, 1.82) is 0 Å². The third-order valence-electron chi connectivity index (χ3n) is 3.71. The lowest BCUT2D eigenvalue weighted by atomic mass is 9.96. The highest BCUT2D eigenvalue weighted by atomic mass is 16.4. The Morgan fingerprint density at radius 3 is 2.55 bits per heavy atom. The van der Waals surface area contributed by atoms with Crippen LogP contribution in [0.1, 0.15) is 22.8 Å². The first-order valence-electron chi connectivity index (χ1n) is 7.14. The van der Waals surface area contributed by atoms with Crippen molar-refractivity contribution in [2.75, 3.05) is 0 Å². The van der Waals surface area contributed by atoms with Crippen LogP contribution in [0.4, 0.5) is 0 Å². The number of nitrogens with zero attached hydrogens (tertiary/aromatic N) is 2. The first-order valence-corrected chi connectivity index (χ1v) is 7.14. The van der Waals surface area contributed by atoms with Crippen LogP contribution in [0, 0.1) is 0 Å². The van der Waals surface area contributed by atoms with Crippen LogP contribution in [0.2, 0.25) is 0 Å². The van der Waals surface area contributed by atoms with Crippen LogP contribution < -0.4 is 0 Å². The molecule has 0 atom stereocenters. The molecule has 22 heavy (non-hydrogen) atoms. The van der Waals surface area contributed by atoms with E-state index in [2.05, 4.69) is 4.98 Å². The van der Waals surface area contributed by atoms with E-state index in [1.165, 1.54) is 0 Å². The highest BCUT2D eigenvalue weighted by molar-refractivity contribution is 5.89. The lowest BCUT2D eigenvalue weighted by Gasteiger charge is -2.10. The maximum absolute atomic E-state index is 11.1. The molecule has 1 N–H and O–H groups in total. The van der Waals surface area contributed by atoms with E-state index in [1.54, 1.807) is 24.7 Å². The molecule has 1 heterocycles. The maximum atomic E-state index is 11.1. The second kappa shape index (κ2) is 5.85. The summed E-state index contributed by atoms with van der Waals surface area (Å²) in [5, 5.41) is 9.10. The van der Waals surface area contributed by atoms with Crippen molar-refractivity contribution in [1.82, 2.24) is 9.55 Å². The molecule has 0 saturated heterocycles. The summed E-state index contributed by atoms with van der Waals surface area (Å²) in [5.41, 5.74) is 4.56. The normalized spacial score (nSPS) is 10.6. The number of carboxylic acid groups (broad SMARTS) is 1. The van der Waals surface area contributed by atoms with Gasteiger partial charge in [-0.3, -0.25) is 0 Å². The summed E-state index contributed by atoms with van der Waals surface area (Å²) in [6.45, 7) is 2.03. The minimum atomic E-state index is -0.892. The lowest BCUT2D eigenvalue weighted by Crippen LogP contribution is -1.99. The second-order valence-electron chi connectivity index (χ2n) is 5.05. The van der Waals surface area contributed by atoms with E-state index in [4.69, 9.17) is 5.11 Å². The van der Waals surface area contributed by atoms with Crippen LogP contribution in [-0.2, 0) is 6.42 Å². The van der Waals surface area contributed by atoms with E-state index in [0.717, 1.165) is 28.8 Å². The first kappa shape index (κ1) is 14.1. The Morgan fingerprint density at radius 1 is 1.18 bits per heavy atom. The zero-order valence-corrected chi connectivity index (χ0v) is 12.2. The van der Waals surface area contributed by atoms with Crippen molar-refractivity contribution in [3.8, 4) is 16.8 Å². The zero-order valence-electron chi connectivity index (χ0n) is 12.2. The standard InChI is InChI=1S/C18H16N2O2/c1-2-13-11-15(18(21)22)5-8-17(13)14-3-6-16(7-4-14)20-10-9-19-12-20/h3-12H,2H2,1H3,(H,21,22). The van der Waals surface area contributed by atoms with Gasteiger partial charge in [-0.05, 0) is 47.4 Å². The van der Waals surface area contributed by atoms with Gasteiger partial charge in [0.2, 0.25) is 0 Å². The topological polar surface area (TPSA) is 55.1 Å². The number of hydrogen-bond donors (Lipinski definition) is 1. The second-order valence-corrected chi connectivity index (χ2v) is 5.05. The van der Waals surface area contributed by atoms with Crippen LogP contribution in [0.15, 0.2) is 61.2 Å². The summed E-state index contributed by atoms with van der Waals surface area (Å²) in [6, 6.07) is 13.4. The number of benzene rings is 2. The van der Waals surface area contributed by atoms with E-state index in [1.807, 2.05) is 48.0 Å². The number of imidazole rings is 1. The van der Waals surface area contributed by atoms with Crippen molar-refractivity contribution in [3.05, 3.63) is 72.3 Å². The molecule has 0 saturated carbocycles. The van der Waals surface area contributed by atoms with Gasteiger partial charge in [0.15, 0.2) is 0 Å². The molecule has 1 aromatic heterocycles. The van der Waals surface area contributed by atoms with Gasteiger partial charge in [-0.1, -0.05) is 25.1 Å². The molecule has 0 unspecified atom stereocenters. The van der Waals surface area contributed by atoms with E-state index in [0.29, 0.717) is 5.56 Å². The molecule has 4 heteroatoms. The Balaban J connectivity index is 1.99. The Hall–Kier alpha value is -2.88. The molecule has 2 aromatic carbocycles. The van der Waals surface area contributed by atoms with Crippen molar-refractivity contribution in [3.63, 3.8) is 0 Å². The van der Waals surface area contributed by atoms with E-state index >= 15 is 0 Å². The maximum Gasteiger partial charge on any atom is 0.335 e. The molecule has 3 aromatic rings. The summed E-state index contributed by atoms with van der Waals surface area (Å²) in [4.78, 5) is 15.1. The van der Waals surface area contributed by atoms with Crippen LogP contribution in [0.3, 0.4) is 0 Å². The molecule has 0 radical (unpaired) electrons. The molecule has 0 spiro atoms. The van der Waals surface area contributed by atoms with Gasteiger partial charge in [0.25, 0.3) is 0 Å². The smallest absolute Gasteiger partial charge is 0.335 e. The Kier molecular flexibility index (Phi) is 3.74. The number of aromatic carboxylic acids is 1. The fourth-order valence-electron chi connectivity index (χ4n) is 2.53. The van der Waals surface area contributed by atoms with Gasteiger partial charge in [-0.25, -0.2) is 9.78 Å². The molecule has 0 amide bonds. The largest absolute Gasteiger partial charge is 0.478 e. The summed E-state index contributed by atoms with van der Waals surface area (Å²) in [6.07, 6.45) is 6.19. The molecular weight excluding hydrogens is 276 g/mol. The number of hydrogen-bond acceptors (Lipinski definition) is 2. The van der Waals surface area contributed by atoms with Gasteiger partial charge in [0.05, 0.1) is 11.9 Å². The molecular formula is C18H16N2O2. The summed E-state index contributed by atoms with van der Waals surface area (Å²) in [5.74, 6) is -0.892. The quantitative estimate of drug-likeness (QED) is 0.795. The summed E-state index contributed by atoms with van der Waals surface area (Å²) >= 11 is 0. The van der Waals surface area contributed by atoms with Crippen LogP contribution in [0.5, 0.6) is 0 Å². The van der Waals surface area contributed by atoms with Crippen molar-refractivity contribution < 1.29 is 9.90 Å². The lowest BCUT2D eigenvalue weighted by molar-refractivity contribution is 0.0697. The molecule has 0 aliphatic heterocycles. The third kappa shape index (κ3) is 2.63. The molecule has 0 aliphatic rings. The van der Waals surface area contributed by atoms with E-state index < -0.39 is 5.97 Å². The number of aromatic nitrogens is 2. The Bertz CT molecular complexity index is 790. The van der Waals surface area contributed by atoms with Crippen molar-refractivity contribution in [2.24, 2.45) is 0 Å². The van der Waals surface area contributed by atoms with Gasteiger partial charge >= 0.3 is 5.97 Å². The van der Waals surface area contributed by atoms with Crippen molar-refractivity contribution in [2.45, 2.75) is 13.3 Å².